The zero-order chi connectivity index (χ0) is 11.6. The molecule has 0 radical (unpaired) electrons. The van der Waals surface area contributed by atoms with Gasteiger partial charge in [0.1, 0.15) is 0 Å². The summed E-state index contributed by atoms with van der Waals surface area (Å²) in [6.45, 7) is 6.18. The first kappa shape index (κ1) is 12.5. The highest BCUT2D eigenvalue weighted by atomic mass is 16.2. The minimum atomic E-state index is -0.329. The SMILES string of the molecule is CN1CCC(C(C)(C)C(=O)N(C)N)CC1. The van der Waals surface area contributed by atoms with Gasteiger partial charge in [-0.05, 0) is 38.9 Å². The van der Waals surface area contributed by atoms with Gasteiger partial charge in [-0.3, -0.25) is 9.80 Å². The average molecular weight is 213 g/mol. The van der Waals surface area contributed by atoms with Crippen molar-refractivity contribution in [2.75, 3.05) is 27.2 Å². The number of likely N-dealkylation sites (tertiary alicyclic amines) is 1. The predicted molar refractivity (Wildman–Crippen MR) is 61.0 cm³/mol. The van der Waals surface area contributed by atoms with E-state index in [1.165, 1.54) is 5.01 Å². The molecule has 88 valence electrons. The summed E-state index contributed by atoms with van der Waals surface area (Å²) in [7, 11) is 3.75. The summed E-state index contributed by atoms with van der Waals surface area (Å²) in [6, 6.07) is 0. The van der Waals surface area contributed by atoms with Crippen molar-refractivity contribution in [2.24, 2.45) is 17.2 Å². The number of piperidine rings is 1. The molecule has 0 unspecified atom stereocenters. The molecule has 2 N–H and O–H groups in total. The molecule has 1 amide bonds. The molecule has 0 aromatic rings. The van der Waals surface area contributed by atoms with Gasteiger partial charge in [-0.25, -0.2) is 5.84 Å². The second kappa shape index (κ2) is 4.49. The summed E-state index contributed by atoms with van der Waals surface area (Å²) in [5.41, 5.74) is -0.329. The summed E-state index contributed by atoms with van der Waals surface area (Å²) in [5, 5.41) is 1.22. The van der Waals surface area contributed by atoms with Crippen LogP contribution in [-0.2, 0) is 4.79 Å². The summed E-state index contributed by atoms with van der Waals surface area (Å²) in [5.74, 6) is 6.02. The van der Waals surface area contributed by atoms with Gasteiger partial charge < -0.3 is 4.90 Å². The fourth-order valence-corrected chi connectivity index (χ4v) is 2.36. The number of hydrazine groups is 1. The van der Waals surface area contributed by atoms with Gasteiger partial charge in [-0.1, -0.05) is 13.8 Å². The van der Waals surface area contributed by atoms with Crippen LogP contribution in [0.5, 0.6) is 0 Å². The van der Waals surface area contributed by atoms with Crippen LogP contribution < -0.4 is 5.84 Å². The van der Waals surface area contributed by atoms with Crippen molar-refractivity contribution in [1.82, 2.24) is 9.91 Å². The molecule has 1 rings (SSSR count). The Morgan fingerprint density at radius 2 is 1.87 bits per heavy atom. The molecule has 1 aliphatic heterocycles. The fraction of sp³-hybridized carbons (Fsp3) is 0.909. The first-order valence-electron chi connectivity index (χ1n) is 5.57. The fourth-order valence-electron chi connectivity index (χ4n) is 2.36. The zero-order valence-electron chi connectivity index (χ0n) is 10.3. The molecule has 0 aliphatic carbocycles. The average Bonchev–Trinajstić information content (AvgIpc) is 2.17. The zero-order valence-corrected chi connectivity index (χ0v) is 10.3. The predicted octanol–water partition coefficient (Wildman–Crippen LogP) is 0.686. The van der Waals surface area contributed by atoms with Gasteiger partial charge >= 0.3 is 0 Å². The van der Waals surface area contributed by atoms with Crippen molar-refractivity contribution in [2.45, 2.75) is 26.7 Å². The van der Waals surface area contributed by atoms with Crippen molar-refractivity contribution < 1.29 is 4.79 Å². The molecule has 1 fully saturated rings. The van der Waals surface area contributed by atoms with E-state index < -0.39 is 0 Å². The number of carbonyl (C=O) groups excluding carboxylic acids is 1. The third kappa shape index (κ3) is 2.69. The molecule has 0 aromatic carbocycles. The van der Waals surface area contributed by atoms with Gasteiger partial charge in [0.2, 0.25) is 5.91 Å². The Labute approximate surface area is 92.4 Å². The van der Waals surface area contributed by atoms with E-state index in [0.717, 1.165) is 25.9 Å². The third-order valence-corrected chi connectivity index (χ3v) is 3.61. The van der Waals surface area contributed by atoms with Crippen LogP contribution in [0.3, 0.4) is 0 Å². The number of carbonyl (C=O) groups is 1. The van der Waals surface area contributed by atoms with E-state index in [1.807, 2.05) is 13.8 Å². The van der Waals surface area contributed by atoms with E-state index in [1.54, 1.807) is 7.05 Å². The molecule has 4 heteroatoms. The number of rotatable bonds is 2. The lowest BCUT2D eigenvalue weighted by molar-refractivity contribution is -0.143. The van der Waals surface area contributed by atoms with Gasteiger partial charge in [0.15, 0.2) is 0 Å². The summed E-state index contributed by atoms with van der Waals surface area (Å²) >= 11 is 0. The van der Waals surface area contributed by atoms with Crippen LogP contribution in [0.25, 0.3) is 0 Å². The smallest absolute Gasteiger partial charge is 0.242 e. The van der Waals surface area contributed by atoms with E-state index >= 15 is 0 Å². The third-order valence-electron chi connectivity index (χ3n) is 3.61. The quantitative estimate of drug-likeness (QED) is 0.417. The van der Waals surface area contributed by atoms with Gasteiger partial charge in [-0.15, -0.1) is 0 Å². The highest BCUT2D eigenvalue weighted by Crippen LogP contribution is 2.35. The van der Waals surface area contributed by atoms with Crippen LogP contribution in [-0.4, -0.2) is 43.0 Å². The van der Waals surface area contributed by atoms with Crippen molar-refractivity contribution in [1.29, 1.82) is 0 Å². The number of hydrogen-bond acceptors (Lipinski definition) is 3. The topological polar surface area (TPSA) is 49.6 Å². The summed E-state index contributed by atoms with van der Waals surface area (Å²) < 4.78 is 0. The number of amides is 1. The molecule has 1 heterocycles. The van der Waals surface area contributed by atoms with Crippen molar-refractivity contribution in [3.05, 3.63) is 0 Å². The van der Waals surface area contributed by atoms with E-state index in [-0.39, 0.29) is 11.3 Å². The van der Waals surface area contributed by atoms with E-state index in [2.05, 4.69) is 11.9 Å². The van der Waals surface area contributed by atoms with Crippen molar-refractivity contribution >= 4 is 5.91 Å². The van der Waals surface area contributed by atoms with Crippen LogP contribution >= 0.6 is 0 Å². The van der Waals surface area contributed by atoms with Crippen LogP contribution in [0.1, 0.15) is 26.7 Å². The lowest BCUT2D eigenvalue weighted by Gasteiger charge is -2.39. The van der Waals surface area contributed by atoms with Crippen LogP contribution in [0.15, 0.2) is 0 Å². The second-order valence-corrected chi connectivity index (χ2v) is 5.22. The number of nitrogens with zero attached hydrogens (tertiary/aromatic N) is 2. The first-order valence-corrected chi connectivity index (χ1v) is 5.57. The van der Waals surface area contributed by atoms with Crippen molar-refractivity contribution in [3.63, 3.8) is 0 Å². The first-order chi connectivity index (χ1) is 6.85. The molecule has 0 spiro atoms. The standard InChI is InChI=1S/C11H23N3O/c1-11(2,10(15)14(4)12)9-5-7-13(3)8-6-9/h9H,5-8,12H2,1-4H3. The lowest BCUT2D eigenvalue weighted by Crippen LogP contribution is -2.48. The molecule has 15 heavy (non-hydrogen) atoms. The molecule has 0 aromatic heterocycles. The maximum absolute atomic E-state index is 11.9. The Balaban J connectivity index is 2.65. The Hall–Kier alpha value is -0.610. The number of hydrogen-bond donors (Lipinski definition) is 1. The van der Waals surface area contributed by atoms with Gasteiger partial charge in [0.25, 0.3) is 0 Å². The van der Waals surface area contributed by atoms with Crippen LogP contribution in [0.4, 0.5) is 0 Å². The maximum atomic E-state index is 11.9. The molecular weight excluding hydrogens is 190 g/mol. The molecule has 0 saturated carbocycles. The summed E-state index contributed by atoms with van der Waals surface area (Å²) in [4.78, 5) is 14.2. The van der Waals surface area contributed by atoms with E-state index in [0.29, 0.717) is 5.92 Å². The minimum absolute atomic E-state index is 0.0389. The minimum Gasteiger partial charge on any atom is -0.306 e. The van der Waals surface area contributed by atoms with Crippen LogP contribution in [0.2, 0.25) is 0 Å². The van der Waals surface area contributed by atoms with Gasteiger partial charge in [0, 0.05) is 12.5 Å². The summed E-state index contributed by atoms with van der Waals surface area (Å²) in [6.07, 6.45) is 2.17. The Bertz CT molecular complexity index is 230. The van der Waals surface area contributed by atoms with E-state index in [9.17, 15) is 4.79 Å². The molecule has 1 aliphatic rings. The molecule has 4 nitrogen and oxygen atoms in total. The Kier molecular flexibility index (Phi) is 3.73. The second-order valence-electron chi connectivity index (χ2n) is 5.22. The Morgan fingerprint density at radius 3 is 2.27 bits per heavy atom. The van der Waals surface area contributed by atoms with Gasteiger partial charge in [-0.2, -0.15) is 0 Å². The molecule has 1 saturated heterocycles. The molecular formula is C11H23N3O. The monoisotopic (exact) mass is 213 g/mol. The molecule has 0 atom stereocenters. The largest absolute Gasteiger partial charge is 0.306 e. The molecule has 0 bridgehead atoms. The normalized spacial score (nSPS) is 20.3. The lowest BCUT2D eigenvalue weighted by atomic mass is 9.73. The van der Waals surface area contributed by atoms with E-state index in [4.69, 9.17) is 5.84 Å². The highest BCUT2D eigenvalue weighted by Gasteiger charge is 2.39. The van der Waals surface area contributed by atoms with Crippen LogP contribution in [0, 0.1) is 11.3 Å². The number of nitrogens with two attached hydrogens (primary N) is 1. The highest BCUT2D eigenvalue weighted by molar-refractivity contribution is 5.81. The Morgan fingerprint density at radius 1 is 1.40 bits per heavy atom. The maximum Gasteiger partial charge on any atom is 0.242 e. The van der Waals surface area contributed by atoms with Crippen molar-refractivity contribution in [3.8, 4) is 0 Å². The van der Waals surface area contributed by atoms with Gasteiger partial charge in [0.05, 0.1) is 0 Å².